The molecule has 82 heavy (non-hydrogen) atoms. The molecule has 0 aliphatic heterocycles. The number of hydrogen-bond acceptors (Lipinski definition) is 5. The third-order valence-corrected chi connectivity index (χ3v) is 9.13. The lowest BCUT2D eigenvalue weighted by Crippen LogP contribution is -1.99. The molecular formula is C74H107BrClNO5. The maximum absolute atomic E-state index is 10.8. The van der Waals surface area contributed by atoms with Gasteiger partial charge in [-0.1, -0.05) is 345 Å². The summed E-state index contributed by atoms with van der Waals surface area (Å²) in [5.41, 5.74) is 6.87. The van der Waals surface area contributed by atoms with Crippen molar-refractivity contribution in [2.45, 2.75) is 150 Å². The van der Waals surface area contributed by atoms with Crippen LogP contribution in [0, 0.1) is 18.3 Å². The van der Waals surface area contributed by atoms with Gasteiger partial charge in [0, 0.05) is 10.4 Å². The number of rotatable bonds is 6. The minimum Gasteiger partial charge on any atom is -0.478 e. The van der Waals surface area contributed by atoms with E-state index in [4.69, 9.17) is 27.1 Å². The number of alkyl halides is 1. The number of aliphatic hydroxyl groups excluding tert-OH is 1. The quantitative estimate of drug-likeness (QED) is 0.127. The summed E-state index contributed by atoms with van der Waals surface area (Å²) in [5, 5.41) is 25.2. The highest BCUT2D eigenvalue weighted by atomic mass is 79.9. The van der Waals surface area contributed by atoms with Crippen molar-refractivity contribution in [1.82, 2.24) is 0 Å². The van der Waals surface area contributed by atoms with E-state index in [1.807, 2.05) is 262 Å². The zero-order valence-electron chi connectivity index (χ0n) is 53.7. The number of halogens is 2. The zero-order valence-corrected chi connectivity index (χ0v) is 56.1. The number of hydrogen-bond donors (Lipinski definition) is 2. The van der Waals surface area contributed by atoms with Crippen molar-refractivity contribution in [2.24, 2.45) is 0 Å². The van der Waals surface area contributed by atoms with Crippen molar-refractivity contribution in [3.05, 3.63) is 286 Å². The van der Waals surface area contributed by atoms with Crippen LogP contribution in [0.15, 0.2) is 247 Å². The second-order valence-electron chi connectivity index (χ2n) is 13.4. The second kappa shape index (κ2) is 82.7. The van der Waals surface area contributed by atoms with Gasteiger partial charge < -0.3 is 14.9 Å². The highest BCUT2D eigenvalue weighted by Crippen LogP contribution is 2.06. The van der Waals surface area contributed by atoms with E-state index in [2.05, 4.69) is 77.0 Å². The van der Waals surface area contributed by atoms with Gasteiger partial charge >= 0.3 is 11.9 Å². The van der Waals surface area contributed by atoms with Crippen LogP contribution in [0.5, 0.6) is 0 Å². The van der Waals surface area contributed by atoms with Gasteiger partial charge in [0.2, 0.25) is 0 Å². The van der Waals surface area contributed by atoms with Crippen molar-refractivity contribution >= 4 is 39.5 Å². The Morgan fingerprint density at radius 3 is 0.890 bits per heavy atom. The summed E-state index contributed by atoms with van der Waals surface area (Å²) in [6, 6.07) is 79.1. The van der Waals surface area contributed by atoms with Gasteiger partial charge in [-0.2, -0.15) is 5.26 Å². The molecule has 0 amide bonds. The number of carboxylic acids is 1. The first-order valence-corrected chi connectivity index (χ1v) is 30.3. The minimum atomic E-state index is -0.879. The van der Waals surface area contributed by atoms with E-state index in [-0.39, 0.29) is 12.6 Å². The van der Waals surface area contributed by atoms with Crippen molar-refractivity contribution in [2.75, 3.05) is 7.11 Å². The molecule has 0 saturated heterocycles. The molecule has 8 aromatic carbocycles. The van der Waals surface area contributed by atoms with Crippen LogP contribution >= 0.6 is 27.5 Å². The molecule has 0 aliphatic rings. The number of esters is 1. The molecule has 8 rings (SSSR count). The summed E-state index contributed by atoms with van der Waals surface area (Å²) in [4.78, 5) is 21.0. The van der Waals surface area contributed by atoms with Crippen LogP contribution in [0.4, 0.5) is 0 Å². The Kier molecular flexibility index (Phi) is 92.2. The number of methoxy groups -OCH3 is 1. The zero-order chi connectivity index (χ0) is 64.3. The third kappa shape index (κ3) is 65.4. The maximum Gasteiger partial charge on any atom is 0.337 e. The number of aromatic carboxylic acids is 1. The van der Waals surface area contributed by atoms with E-state index < -0.39 is 5.97 Å². The molecule has 0 bridgehead atoms. The molecule has 2 N–H and O–H groups in total. The number of aryl methyl sites for hydroxylation is 2. The normalized spacial score (nSPS) is 7.72. The van der Waals surface area contributed by atoms with Gasteiger partial charge in [-0.3, -0.25) is 0 Å². The van der Waals surface area contributed by atoms with E-state index in [0.29, 0.717) is 23.4 Å². The molecule has 0 aromatic heterocycles. The Balaban J connectivity index is -0.000000123. The molecule has 0 heterocycles. The molecule has 452 valence electrons. The smallest absolute Gasteiger partial charge is 0.337 e. The van der Waals surface area contributed by atoms with Crippen LogP contribution in [0.3, 0.4) is 0 Å². The van der Waals surface area contributed by atoms with Gasteiger partial charge in [0.25, 0.3) is 0 Å². The van der Waals surface area contributed by atoms with Crippen LogP contribution < -0.4 is 0 Å². The Morgan fingerprint density at radius 1 is 0.439 bits per heavy atom. The summed E-state index contributed by atoms with van der Waals surface area (Å²) in [6.45, 7) is 36.4. The Labute approximate surface area is 515 Å². The minimum absolute atomic E-state index is 0.140. The Hall–Kier alpha value is -7.08. The van der Waals surface area contributed by atoms with Gasteiger partial charge in [0.05, 0.1) is 37.3 Å². The number of benzene rings is 8. The average molecular weight is 1210 g/mol. The third-order valence-electron chi connectivity index (χ3n) is 8.29. The number of nitrogens with zero attached hydrogens (tertiary/aromatic N) is 1. The number of carbonyl (C=O) groups excluding carboxylic acids is 1. The fraction of sp³-hybridized carbons (Fsp3) is 0.311. The number of nitriles is 1. The highest BCUT2D eigenvalue weighted by Gasteiger charge is 2.00. The average Bonchev–Trinajstić information content (AvgIpc) is 3.59. The van der Waals surface area contributed by atoms with Crippen molar-refractivity contribution in [1.29, 1.82) is 5.26 Å². The molecule has 8 aromatic rings. The van der Waals surface area contributed by atoms with Crippen LogP contribution in [0.25, 0.3) is 0 Å². The first-order chi connectivity index (χ1) is 40.2. The van der Waals surface area contributed by atoms with Crippen LogP contribution in [0.2, 0.25) is 0 Å². The molecule has 0 unspecified atom stereocenters. The van der Waals surface area contributed by atoms with Crippen molar-refractivity contribution in [3.8, 4) is 6.07 Å². The lowest BCUT2D eigenvalue weighted by Gasteiger charge is -1.95. The molecule has 6 nitrogen and oxygen atoms in total. The largest absolute Gasteiger partial charge is 0.478 e. The molecule has 0 spiro atoms. The summed E-state index contributed by atoms with van der Waals surface area (Å²) in [7, 11) is 1.37. The van der Waals surface area contributed by atoms with E-state index in [9.17, 15) is 9.59 Å². The topological polar surface area (TPSA) is 108 Å². The van der Waals surface area contributed by atoms with Crippen molar-refractivity contribution < 1.29 is 24.5 Å². The molecule has 0 atom stereocenters. The van der Waals surface area contributed by atoms with Gasteiger partial charge in [-0.05, 0) is 72.0 Å². The SMILES string of the molecule is Brc1ccccc1.CC.CC.CC.CC.CC.CC.CC.CC.CCc1ccccc1.COC(=O)c1ccccc1.Cc1ccccc1.ClCc1ccccc1.N#CCc1ccccc1.O=C(O)c1ccccc1.OCc1ccccc1. The first kappa shape index (κ1) is 91.4. The van der Waals surface area contributed by atoms with E-state index in [0.717, 1.165) is 22.0 Å². The first-order valence-electron chi connectivity index (χ1n) is 29.0. The molecule has 0 saturated carbocycles. The summed E-state index contributed by atoms with van der Waals surface area (Å²) >= 11 is 8.84. The molecule has 0 radical (unpaired) electrons. The summed E-state index contributed by atoms with van der Waals surface area (Å²) in [6.07, 6.45) is 1.65. The predicted molar refractivity (Wildman–Crippen MR) is 367 cm³/mol. The van der Waals surface area contributed by atoms with Crippen LogP contribution in [-0.2, 0) is 30.1 Å². The Bertz CT molecular complexity index is 2240. The summed E-state index contributed by atoms with van der Waals surface area (Å²) in [5.74, 6) is -0.558. The fourth-order valence-corrected chi connectivity index (χ4v) is 5.26. The van der Waals surface area contributed by atoms with Gasteiger partial charge in [0.15, 0.2) is 0 Å². The van der Waals surface area contributed by atoms with E-state index >= 15 is 0 Å². The predicted octanol–water partition coefficient (Wildman–Crippen LogP) is 23.1. The molecular weight excluding hydrogens is 1100 g/mol. The Morgan fingerprint density at radius 2 is 0.707 bits per heavy atom. The summed E-state index contributed by atoms with van der Waals surface area (Å²) < 4.78 is 5.63. The monoisotopic (exact) mass is 1200 g/mol. The van der Waals surface area contributed by atoms with Gasteiger partial charge in [-0.25, -0.2) is 9.59 Å². The van der Waals surface area contributed by atoms with Crippen LogP contribution in [0.1, 0.15) is 166 Å². The fourth-order valence-electron chi connectivity index (χ4n) is 4.77. The number of carboxylic acid groups (broad SMARTS) is 1. The molecule has 8 heteroatoms. The van der Waals surface area contributed by atoms with Crippen LogP contribution in [-0.4, -0.2) is 29.3 Å². The van der Waals surface area contributed by atoms with Gasteiger partial charge in [-0.15, -0.1) is 11.6 Å². The second-order valence-corrected chi connectivity index (χ2v) is 14.6. The highest BCUT2D eigenvalue weighted by molar-refractivity contribution is 9.10. The number of carbonyl (C=O) groups is 2. The van der Waals surface area contributed by atoms with E-state index in [1.165, 1.54) is 23.8 Å². The lowest BCUT2D eigenvalue weighted by atomic mass is 10.2. The molecule has 0 fully saturated rings. The van der Waals surface area contributed by atoms with E-state index in [1.54, 1.807) is 54.6 Å². The van der Waals surface area contributed by atoms with Crippen molar-refractivity contribution in [3.63, 3.8) is 0 Å². The lowest BCUT2D eigenvalue weighted by molar-refractivity contribution is 0.0599. The number of aliphatic hydroxyl groups is 1. The number of ether oxygens (including phenoxy) is 1. The standard InChI is InChI=1S/C8H7N.C8H8O2.C8H10.C7H7Cl.C7H6O2.C7H8O.C7H8.C6H5Br.8C2H6/c9-7-6-8-4-2-1-3-5-8;1-10-8(9)7-5-3-2-4-6-7;1-2-8-6-4-3-5-7-8;8-6-7-4-2-1-3-5-7;8-7(9)6-4-2-1-3-5-6;8-6-7-4-2-1-3-5-7;1-7-5-3-2-4-6-7;7-6-4-2-1-3-5-6;8*1-2/h1-5H,6H2;2-6H,1H3;3-7H,2H2,1H3;1-5H,6H2;1-5H,(H,8,9);1-5,8H,6H2;2-6H,1H3;1-5H;8*1-2H3. The molecule has 0 aliphatic carbocycles. The van der Waals surface area contributed by atoms with Gasteiger partial charge in [0.1, 0.15) is 0 Å². The maximum atomic E-state index is 10.8.